The van der Waals surface area contributed by atoms with Crippen molar-refractivity contribution in [2.45, 2.75) is 98.9 Å². The van der Waals surface area contributed by atoms with Crippen molar-refractivity contribution in [2.75, 3.05) is 0 Å². The monoisotopic (exact) mass is 524 g/mol. The van der Waals surface area contributed by atoms with Gasteiger partial charge in [-0.25, -0.2) is 4.79 Å². The van der Waals surface area contributed by atoms with Crippen molar-refractivity contribution in [3.8, 4) is 0 Å². The number of aldehydes is 1. The fourth-order valence-corrected chi connectivity index (χ4v) is 5.55. The Bertz CT molecular complexity index is 983. The van der Waals surface area contributed by atoms with Crippen LogP contribution in [0.3, 0.4) is 0 Å². The van der Waals surface area contributed by atoms with Crippen LogP contribution in [-0.2, 0) is 23.9 Å². The summed E-state index contributed by atoms with van der Waals surface area (Å²) in [5, 5.41) is 0. The third-order valence-electron chi connectivity index (χ3n) is 7.76. The van der Waals surface area contributed by atoms with E-state index in [0.29, 0.717) is 12.3 Å². The van der Waals surface area contributed by atoms with Crippen LogP contribution in [0.5, 0.6) is 0 Å². The molecule has 0 aliphatic carbocycles. The minimum atomic E-state index is -0.463. The molecule has 5 heteroatoms. The van der Waals surface area contributed by atoms with Gasteiger partial charge in [0.05, 0.1) is 11.7 Å². The Morgan fingerprint density at radius 2 is 1.89 bits per heavy atom. The summed E-state index contributed by atoms with van der Waals surface area (Å²) in [5.74, 6) is 0.232. The van der Waals surface area contributed by atoms with Gasteiger partial charge in [0, 0.05) is 30.3 Å². The molecule has 5 nitrogen and oxygen atoms in total. The summed E-state index contributed by atoms with van der Waals surface area (Å²) < 4.78 is 11.6. The van der Waals surface area contributed by atoms with Crippen LogP contribution < -0.4 is 0 Å². The van der Waals surface area contributed by atoms with Gasteiger partial charge in [0.25, 0.3) is 0 Å². The average Bonchev–Trinajstić information content (AvgIpc) is 3.16. The molecule has 0 spiro atoms. The SMILES string of the molecule is CCC(=C/C(C)C/C=C/C(C)=C/C(C)C(=O)C(C)C1OC(C)(CC=O)CC1C)/C=C/C1OC(=O)C=CC1C. The van der Waals surface area contributed by atoms with Crippen molar-refractivity contribution in [1.29, 1.82) is 0 Å². The van der Waals surface area contributed by atoms with Crippen LogP contribution in [-0.4, -0.2) is 35.8 Å². The van der Waals surface area contributed by atoms with Gasteiger partial charge in [0.15, 0.2) is 0 Å². The van der Waals surface area contributed by atoms with Gasteiger partial charge in [-0.05, 0) is 51.0 Å². The van der Waals surface area contributed by atoms with Crippen molar-refractivity contribution in [3.63, 3.8) is 0 Å². The summed E-state index contributed by atoms with van der Waals surface area (Å²) in [6.45, 7) is 16.4. The lowest BCUT2D eigenvalue weighted by Gasteiger charge is -2.26. The van der Waals surface area contributed by atoms with E-state index in [1.165, 1.54) is 11.6 Å². The predicted molar refractivity (Wildman–Crippen MR) is 153 cm³/mol. The normalized spacial score (nSPS) is 31.0. The minimum Gasteiger partial charge on any atom is -0.454 e. The quantitative estimate of drug-likeness (QED) is 0.145. The molecular weight excluding hydrogens is 476 g/mol. The predicted octanol–water partition coefficient (Wildman–Crippen LogP) is 7.14. The Kier molecular flexibility index (Phi) is 12.2. The molecule has 2 heterocycles. The second-order valence-electron chi connectivity index (χ2n) is 11.7. The van der Waals surface area contributed by atoms with E-state index >= 15 is 0 Å². The van der Waals surface area contributed by atoms with Crippen LogP contribution in [0.4, 0.5) is 0 Å². The van der Waals surface area contributed by atoms with E-state index in [1.807, 2.05) is 52.8 Å². The molecular formula is C33H48O5. The molecule has 1 fully saturated rings. The maximum atomic E-state index is 13.2. The first-order chi connectivity index (χ1) is 17.9. The molecule has 0 bridgehead atoms. The number of cyclic esters (lactones) is 1. The zero-order valence-electron chi connectivity index (χ0n) is 24.6. The lowest BCUT2D eigenvalue weighted by Crippen LogP contribution is -2.34. The summed E-state index contributed by atoms with van der Waals surface area (Å²) in [5.41, 5.74) is 1.82. The maximum absolute atomic E-state index is 13.2. The van der Waals surface area contributed by atoms with Gasteiger partial charge >= 0.3 is 5.97 Å². The molecule has 2 rings (SSSR count). The number of ketones is 1. The zero-order valence-corrected chi connectivity index (χ0v) is 24.6. The molecule has 38 heavy (non-hydrogen) atoms. The highest BCUT2D eigenvalue weighted by Crippen LogP contribution is 2.40. The smallest absolute Gasteiger partial charge is 0.331 e. The Balaban J connectivity index is 1.91. The highest BCUT2D eigenvalue weighted by atomic mass is 16.5. The van der Waals surface area contributed by atoms with Gasteiger partial charge in [-0.1, -0.05) is 89.1 Å². The van der Waals surface area contributed by atoms with Gasteiger partial charge in [-0.15, -0.1) is 0 Å². The second kappa shape index (κ2) is 14.6. The average molecular weight is 525 g/mol. The largest absolute Gasteiger partial charge is 0.454 e. The van der Waals surface area contributed by atoms with E-state index < -0.39 is 5.60 Å². The van der Waals surface area contributed by atoms with Crippen molar-refractivity contribution in [1.82, 2.24) is 0 Å². The molecule has 8 atom stereocenters. The summed E-state index contributed by atoms with van der Waals surface area (Å²) in [7, 11) is 0. The molecule has 2 aliphatic heterocycles. The molecule has 0 radical (unpaired) electrons. The highest BCUT2D eigenvalue weighted by Gasteiger charge is 2.45. The highest BCUT2D eigenvalue weighted by molar-refractivity contribution is 5.85. The number of carbonyl (C=O) groups excluding carboxylic acids is 3. The Morgan fingerprint density at radius 3 is 2.55 bits per heavy atom. The molecule has 8 unspecified atom stereocenters. The van der Waals surface area contributed by atoms with Crippen LogP contribution in [0.15, 0.2) is 59.8 Å². The number of Topliss-reactive ketones (excluding diaryl/α,β-unsaturated/α-hetero) is 1. The van der Waals surface area contributed by atoms with Crippen molar-refractivity contribution in [3.05, 3.63) is 59.8 Å². The standard InChI is InChI=1S/C33H48O5/c1-9-28(14-15-29-24(4)13-16-30(35)37-29)20-23(3)12-10-11-22(2)19-25(5)31(36)27(7)32-26(6)21-33(8,38-32)17-18-34/h10-11,13-16,18-20,23-27,29,32H,9,12,17,21H2,1-8H3/b11-10+,15-14+,22-19+,28-20-. The van der Waals surface area contributed by atoms with E-state index in [9.17, 15) is 14.4 Å². The molecule has 210 valence electrons. The molecule has 0 aromatic carbocycles. The second-order valence-corrected chi connectivity index (χ2v) is 11.7. The first kappa shape index (κ1) is 31.7. The van der Waals surface area contributed by atoms with E-state index in [2.05, 4.69) is 45.1 Å². The van der Waals surface area contributed by atoms with Crippen molar-refractivity contribution >= 4 is 18.0 Å². The third-order valence-corrected chi connectivity index (χ3v) is 7.76. The molecule has 0 aromatic rings. The fraction of sp³-hybridized carbons (Fsp3) is 0.606. The molecule has 0 saturated carbocycles. The van der Waals surface area contributed by atoms with Gasteiger partial charge in [0.1, 0.15) is 18.2 Å². The molecule has 2 aliphatic rings. The Hall–Kier alpha value is -2.53. The number of hydrogen-bond donors (Lipinski definition) is 0. The summed E-state index contributed by atoms with van der Waals surface area (Å²) in [6, 6.07) is 0. The van der Waals surface area contributed by atoms with Gasteiger partial charge in [0.2, 0.25) is 0 Å². The number of ether oxygens (including phenoxy) is 2. The van der Waals surface area contributed by atoms with E-state index in [1.54, 1.807) is 0 Å². The topological polar surface area (TPSA) is 69.7 Å². The minimum absolute atomic E-state index is 0.154. The number of rotatable bonds is 13. The van der Waals surface area contributed by atoms with Crippen molar-refractivity contribution in [2.24, 2.45) is 29.6 Å². The van der Waals surface area contributed by atoms with E-state index in [4.69, 9.17) is 9.47 Å². The molecule has 0 N–H and O–H groups in total. The number of hydrogen-bond acceptors (Lipinski definition) is 5. The first-order valence-corrected chi connectivity index (χ1v) is 14.2. The van der Waals surface area contributed by atoms with E-state index in [-0.39, 0.29) is 47.6 Å². The Labute approximate surface area is 230 Å². The molecule has 0 amide bonds. The molecule has 0 aromatic heterocycles. The van der Waals surface area contributed by atoms with Crippen LogP contribution in [0, 0.1) is 29.6 Å². The summed E-state index contributed by atoms with van der Waals surface area (Å²) in [4.78, 5) is 35.7. The lowest BCUT2D eigenvalue weighted by atomic mass is 9.83. The van der Waals surface area contributed by atoms with Gasteiger partial charge in [-0.3, -0.25) is 4.79 Å². The van der Waals surface area contributed by atoms with E-state index in [0.717, 1.165) is 31.1 Å². The van der Waals surface area contributed by atoms with Gasteiger partial charge in [-0.2, -0.15) is 0 Å². The number of esters is 1. The number of allylic oxidation sites excluding steroid dienone is 7. The van der Waals surface area contributed by atoms with Gasteiger partial charge < -0.3 is 14.3 Å². The van der Waals surface area contributed by atoms with Crippen molar-refractivity contribution < 1.29 is 23.9 Å². The maximum Gasteiger partial charge on any atom is 0.331 e. The summed E-state index contributed by atoms with van der Waals surface area (Å²) in [6.07, 6.45) is 19.5. The van der Waals surface area contributed by atoms with Crippen LogP contribution in [0.2, 0.25) is 0 Å². The zero-order chi connectivity index (χ0) is 28.5. The molecule has 1 saturated heterocycles. The summed E-state index contributed by atoms with van der Waals surface area (Å²) >= 11 is 0. The van der Waals surface area contributed by atoms with Crippen LogP contribution in [0.1, 0.15) is 81.1 Å². The fourth-order valence-electron chi connectivity index (χ4n) is 5.55. The lowest BCUT2D eigenvalue weighted by molar-refractivity contribution is -0.143. The number of carbonyl (C=O) groups is 3. The Morgan fingerprint density at radius 1 is 1.18 bits per heavy atom. The van der Waals surface area contributed by atoms with Crippen LogP contribution >= 0.6 is 0 Å². The first-order valence-electron chi connectivity index (χ1n) is 14.2. The van der Waals surface area contributed by atoms with Crippen LogP contribution in [0.25, 0.3) is 0 Å². The third kappa shape index (κ3) is 9.34.